The number of esters is 2. The van der Waals surface area contributed by atoms with Crippen molar-refractivity contribution in [3.8, 4) is 0 Å². The van der Waals surface area contributed by atoms with Crippen molar-refractivity contribution in [2.24, 2.45) is 5.92 Å². The van der Waals surface area contributed by atoms with Gasteiger partial charge in [0.15, 0.2) is 16.4 Å². The summed E-state index contributed by atoms with van der Waals surface area (Å²) in [7, 11) is -1.83. The van der Waals surface area contributed by atoms with E-state index in [-0.39, 0.29) is 35.1 Å². The predicted molar refractivity (Wildman–Crippen MR) is 88.7 cm³/mol. The van der Waals surface area contributed by atoms with Gasteiger partial charge >= 0.3 is 11.9 Å². The van der Waals surface area contributed by atoms with Gasteiger partial charge in [-0.05, 0) is 24.5 Å². The average molecular weight is 369 g/mol. The van der Waals surface area contributed by atoms with Crippen molar-refractivity contribution in [2.45, 2.75) is 12.8 Å². The molecule has 1 amide bonds. The summed E-state index contributed by atoms with van der Waals surface area (Å²) in [5.41, 5.74) is 0.429. The molecular formula is C16H19NO7S. The van der Waals surface area contributed by atoms with E-state index in [0.29, 0.717) is 6.42 Å². The molecule has 136 valence electrons. The first kappa shape index (κ1) is 18.9. The van der Waals surface area contributed by atoms with Crippen LogP contribution in [0, 0.1) is 5.92 Å². The van der Waals surface area contributed by atoms with E-state index in [2.05, 4.69) is 10.1 Å². The Balaban J connectivity index is 1.83. The van der Waals surface area contributed by atoms with E-state index < -0.39 is 34.3 Å². The number of hydrogen-bond donors (Lipinski definition) is 1. The molecule has 1 saturated heterocycles. The Morgan fingerprint density at radius 2 is 1.96 bits per heavy atom. The first-order valence-corrected chi connectivity index (χ1v) is 9.46. The van der Waals surface area contributed by atoms with Crippen LogP contribution in [0.3, 0.4) is 0 Å². The van der Waals surface area contributed by atoms with Crippen molar-refractivity contribution in [1.29, 1.82) is 0 Å². The molecule has 9 heteroatoms. The Morgan fingerprint density at radius 3 is 2.60 bits per heavy atom. The van der Waals surface area contributed by atoms with Gasteiger partial charge in [0.1, 0.15) is 0 Å². The molecule has 1 heterocycles. The van der Waals surface area contributed by atoms with E-state index in [1.807, 2.05) is 0 Å². The van der Waals surface area contributed by atoms with Crippen LogP contribution in [0.5, 0.6) is 0 Å². The molecule has 0 spiro atoms. The number of rotatable bonds is 6. The van der Waals surface area contributed by atoms with Gasteiger partial charge in [0.25, 0.3) is 5.91 Å². The maximum absolute atomic E-state index is 11.9. The van der Waals surface area contributed by atoms with Crippen LogP contribution >= 0.6 is 0 Å². The molecule has 1 fully saturated rings. The standard InChI is InChI=1S/C16H19NO7S/c1-23-16(20)12-4-2-3-5-13(12)17-14(18)9-24-15(19)8-11-6-7-25(21,22)10-11/h2-5,11H,6-10H2,1H3,(H,17,18)/t11-/m0/s1. The van der Waals surface area contributed by atoms with Crippen molar-refractivity contribution in [2.75, 3.05) is 30.5 Å². The first-order valence-electron chi connectivity index (χ1n) is 7.64. The minimum Gasteiger partial charge on any atom is -0.465 e. The molecular weight excluding hydrogens is 350 g/mol. The van der Waals surface area contributed by atoms with Crippen molar-refractivity contribution in [3.63, 3.8) is 0 Å². The molecule has 25 heavy (non-hydrogen) atoms. The summed E-state index contributed by atoms with van der Waals surface area (Å²) in [6, 6.07) is 6.27. The van der Waals surface area contributed by atoms with Gasteiger partial charge in [-0.25, -0.2) is 13.2 Å². The summed E-state index contributed by atoms with van der Waals surface area (Å²) in [5, 5.41) is 2.47. The Bertz CT molecular complexity index is 772. The molecule has 1 aromatic carbocycles. The van der Waals surface area contributed by atoms with Crippen LogP contribution in [-0.4, -0.2) is 51.5 Å². The third kappa shape index (κ3) is 5.56. The van der Waals surface area contributed by atoms with E-state index in [9.17, 15) is 22.8 Å². The Labute approximate surface area is 145 Å². The molecule has 0 radical (unpaired) electrons. The lowest BCUT2D eigenvalue weighted by atomic mass is 10.1. The summed E-state index contributed by atoms with van der Waals surface area (Å²) in [4.78, 5) is 35.2. The molecule has 1 aliphatic heterocycles. The highest BCUT2D eigenvalue weighted by Crippen LogP contribution is 2.22. The summed E-state index contributed by atoms with van der Waals surface area (Å²) in [6.07, 6.45) is 0.390. The molecule has 0 aromatic heterocycles. The number of nitrogens with one attached hydrogen (secondary N) is 1. The molecule has 0 bridgehead atoms. The zero-order chi connectivity index (χ0) is 18.4. The van der Waals surface area contributed by atoms with Gasteiger partial charge in [-0.2, -0.15) is 0 Å². The third-order valence-corrected chi connectivity index (χ3v) is 5.59. The Hall–Kier alpha value is -2.42. The largest absolute Gasteiger partial charge is 0.465 e. The second-order valence-corrected chi connectivity index (χ2v) is 7.95. The zero-order valence-electron chi connectivity index (χ0n) is 13.7. The molecule has 0 unspecified atom stereocenters. The number of anilines is 1. The summed E-state index contributed by atoms with van der Waals surface area (Å²) < 4.78 is 32.2. The fourth-order valence-corrected chi connectivity index (χ4v) is 4.40. The SMILES string of the molecule is COC(=O)c1ccccc1NC(=O)COC(=O)C[C@@H]1CCS(=O)(=O)C1. The number of benzene rings is 1. The van der Waals surface area contributed by atoms with Gasteiger partial charge in [-0.15, -0.1) is 0 Å². The first-order chi connectivity index (χ1) is 11.8. The predicted octanol–water partition coefficient (Wildman–Crippen LogP) is 0.780. The maximum Gasteiger partial charge on any atom is 0.339 e. The van der Waals surface area contributed by atoms with Crippen LogP contribution in [-0.2, 0) is 28.9 Å². The highest BCUT2D eigenvalue weighted by Gasteiger charge is 2.30. The van der Waals surface area contributed by atoms with Crippen LogP contribution in [0.2, 0.25) is 0 Å². The number of amides is 1. The van der Waals surface area contributed by atoms with Gasteiger partial charge in [-0.1, -0.05) is 12.1 Å². The zero-order valence-corrected chi connectivity index (χ0v) is 14.5. The molecule has 8 nitrogen and oxygen atoms in total. The van der Waals surface area contributed by atoms with Crippen LogP contribution in [0.1, 0.15) is 23.2 Å². The van der Waals surface area contributed by atoms with Gasteiger partial charge < -0.3 is 14.8 Å². The number of carbonyl (C=O) groups is 3. The topological polar surface area (TPSA) is 116 Å². The van der Waals surface area contributed by atoms with E-state index in [1.165, 1.54) is 19.2 Å². The normalized spacial score (nSPS) is 18.4. The second-order valence-electron chi connectivity index (χ2n) is 5.72. The van der Waals surface area contributed by atoms with Gasteiger partial charge in [0.2, 0.25) is 0 Å². The molecule has 0 saturated carbocycles. The number of carbonyl (C=O) groups excluding carboxylic acids is 3. The fourth-order valence-electron chi connectivity index (χ4n) is 2.54. The van der Waals surface area contributed by atoms with Crippen LogP contribution in [0.15, 0.2) is 24.3 Å². The van der Waals surface area contributed by atoms with Crippen molar-refractivity contribution in [1.82, 2.24) is 0 Å². The lowest BCUT2D eigenvalue weighted by molar-refractivity contribution is -0.148. The molecule has 1 atom stereocenters. The maximum atomic E-state index is 11.9. The molecule has 1 aromatic rings. The average Bonchev–Trinajstić information content (AvgIpc) is 2.91. The van der Waals surface area contributed by atoms with E-state index in [4.69, 9.17) is 4.74 Å². The molecule has 1 aliphatic rings. The summed E-state index contributed by atoms with van der Waals surface area (Å²) in [6.45, 7) is -0.520. The molecule has 0 aliphatic carbocycles. The monoisotopic (exact) mass is 369 g/mol. The van der Waals surface area contributed by atoms with Crippen molar-refractivity contribution >= 4 is 33.4 Å². The minimum atomic E-state index is -3.06. The van der Waals surface area contributed by atoms with Gasteiger partial charge in [0.05, 0.1) is 29.9 Å². The lowest BCUT2D eigenvalue weighted by Crippen LogP contribution is -2.23. The molecule has 1 N–H and O–H groups in total. The minimum absolute atomic E-state index is 0.0270. The highest BCUT2D eigenvalue weighted by molar-refractivity contribution is 7.91. The van der Waals surface area contributed by atoms with E-state index in [1.54, 1.807) is 12.1 Å². The second kappa shape index (κ2) is 8.11. The number of methoxy groups -OCH3 is 1. The van der Waals surface area contributed by atoms with Crippen LogP contribution < -0.4 is 5.32 Å². The van der Waals surface area contributed by atoms with Gasteiger partial charge in [0, 0.05) is 6.42 Å². The van der Waals surface area contributed by atoms with Crippen molar-refractivity contribution in [3.05, 3.63) is 29.8 Å². The van der Waals surface area contributed by atoms with Gasteiger partial charge in [-0.3, -0.25) is 9.59 Å². The number of hydrogen-bond acceptors (Lipinski definition) is 7. The number of sulfone groups is 1. The van der Waals surface area contributed by atoms with E-state index in [0.717, 1.165) is 0 Å². The van der Waals surface area contributed by atoms with E-state index >= 15 is 0 Å². The summed E-state index contributed by atoms with van der Waals surface area (Å²) >= 11 is 0. The molecule has 2 rings (SSSR count). The Morgan fingerprint density at radius 1 is 1.24 bits per heavy atom. The Kier molecular flexibility index (Phi) is 6.13. The van der Waals surface area contributed by atoms with Crippen LogP contribution in [0.25, 0.3) is 0 Å². The number of para-hydroxylation sites is 1. The highest BCUT2D eigenvalue weighted by atomic mass is 32.2. The lowest BCUT2D eigenvalue weighted by Gasteiger charge is -2.11. The fraction of sp³-hybridized carbons (Fsp3) is 0.438. The smallest absolute Gasteiger partial charge is 0.339 e. The summed E-state index contributed by atoms with van der Waals surface area (Å²) in [5.74, 6) is -2.05. The number of ether oxygens (including phenoxy) is 2. The quantitative estimate of drug-likeness (QED) is 0.737. The van der Waals surface area contributed by atoms with Crippen molar-refractivity contribution < 1.29 is 32.3 Å². The van der Waals surface area contributed by atoms with Crippen LogP contribution in [0.4, 0.5) is 5.69 Å². The third-order valence-electron chi connectivity index (χ3n) is 3.75.